The van der Waals surface area contributed by atoms with E-state index in [2.05, 4.69) is 39.2 Å². The summed E-state index contributed by atoms with van der Waals surface area (Å²) in [5, 5.41) is 0.701. The molecule has 1 aromatic carbocycles. The van der Waals surface area contributed by atoms with E-state index in [0.717, 1.165) is 56.1 Å². The SMILES string of the molecule is C=C(C=C(C)C)N=C(C(C)CC)N1CCC(C(=O)N(CC2CC2)c2ccc(Cl)cc2)CC1. The van der Waals surface area contributed by atoms with Gasteiger partial charge < -0.3 is 9.80 Å². The number of rotatable bonds is 8. The van der Waals surface area contributed by atoms with Crippen molar-refractivity contribution in [1.82, 2.24) is 4.90 Å². The number of amidine groups is 1. The molecule has 1 heterocycles. The van der Waals surface area contributed by atoms with Gasteiger partial charge in [0.2, 0.25) is 5.91 Å². The Labute approximate surface area is 199 Å². The van der Waals surface area contributed by atoms with E-state index < -0.39 is 0 Å². The number of allylic oxidation sites excluding steroid dienone is 2. The number of piperidine rings is 1. The Kier molecular flexibility index (Phi) is 8.58. The van der Waals surface area contributed by atoms with Gasteiger partial charge in [-0.3, -0.25) is 4.79 Å². The Bertz CT molecular complexity index is 857. The number of anilines is 1. The van der Waals surface area contributed by atoms with E-state index in [1.165, 1.54) is 18.4 Å². The van der Waals surface area contributed by atoms with Crippen LogP contribution in [0.15, 0.2) is 53.2 Å². The van der Waals surface area contributed by atoms with Crippen LogP contribution >= 0.6 is 11.6 Å². The number of amides is 1. The van der Waals surface area contributed by atoms with Crippen LogP contribution in [0.1, 0.15) is 59.8 Å². The van der Waals surface area contributed by atoms with Gasteiger partial charge in [0.05, 0.1) is 5.70 Å². The fraction of sp³-hybridized carbons (Fsp3) is 0.556. The Balaban J connectivity index is 1.69. The van der Waals surface area contributed by atoms with Crippen LogP contribution in [-0.4, -0.2) is 36.3 Å². The summed E-state index contributed by atoms with van der Waals surface area (Å²) in [6.45, 7) is 15.2. The normalized spacial score (nSPS) is 18.3. The first-order valence-corrected chi connectivity index (χ1v) is 12.4. The predicted molar refractivity (Wildman–Crippen MR) is 136 cm³/mol. The number of carbonyl (C=O) groups excluding carboxylic acids is 1. The van der Waals surface area contributed by atoms with Crippen LogP contribution in [0.5, 0.6) is 0 Å². The summed E-state index contributed by atoms with van der Waals surface area (Å²) in [6.07, 6.45) is 7.22. The van der Waals surface area contributed by atoms with Crippen molar-refractivity contribution in [1.29, 1.82) is 0 Å². The molecule has 2 aliphatic rings. The summed E-state index contributed by atoms with van der Waals surface area (Å²) >= 11 is 6.08. The highest BCUT2D eigenvalue weighted by Gasteiger charge is 2.34. The summed E-state index contributed by atoms with van der Waals surface area (Å²) in [5.41, 5.74) is 2.97. The molecule has 4 nitrogen and oxygen atoms in total. The first-order chi connectivity index (χ1) is 15.3. The monoisotopic (exact) mass is 455 g/mol. The van der Waals surface area contributed by atoms with E-state index in [9.17, 15) is 4.79 Å². The van der Waals surface area contributed by atoms with Crippen molar-refractivity contribution in [3.8, 4) is 0 Å². The molecule has 0 bridgehead atoms. The third kappa shape index (κ3) is 6.71. The Hall–Kier alpha value is -2.07. The number of halogens is 1. The lowest BCUT2D eigenvalue weighted by atomic mass is 9.93. The molecule has 0 radical (unpaired) electrons. The molecule has 5 heteroatoms. The van der Waals surface area contributed by atoms with Gasteiger partial charge in [-0.05, 0) is 82.2 Å². The molecular weight excluding hydrogens is 418 g/mol. The van der Waals surface area contributed by atoms with E-state index in [-0.39, 0.29) is 11.8 Å². The maximum Gasteiger partial charge on any atom is 0.230 e. The van der Waals surface area contributed by atoms with Crippen molar-refractivity contribution in [2.24, 2.45) is 22.7 Å². The maximum atomic E-state index is 13.5. The van der Waals surface area contributed by atoms with Crippen LogP contribution in [-0.2, 0) is 4.79 Å². The quantitative estimate of drug-likeness (QED) is 0.248. The van der Waals surface area contributed by atoms with Crippen LogP contribution < -0.4 is 4.90 Å². The third-order valence-corrected chi connectivity index (χ3v) is 6.73. The van der Waals surface area contributed by atoms with Gasteiger partial charge in [0, 0.05) is 42.2 Å². The zero-order valence-electron chi connectivity index (χ0n) is 20.1. The molecule has 174 valence electrons. The number of aliphatic imine (C=N–C) groups is 1. The first-order valence-electron chi connectivity index (χ1n) is 12.0. The fourth-order valence-corrected chi connectivity index (χ4v) is 4.39. The first kappa shape index (κ1) is 24.6. The number of benzene rings is 1. The van der Waals surface area contributed by atoms with Gasteiger partial charge in [0.25, 0.3) is 0 Å². The molecule has 3 rings (SSSR count). The van der Waals surface area contributed by atoms with Crippen molar-refractivity contribution < 1.29 is 4.79 Å². The third-order valence-electron chi connectivity index (χ3n) is 6.48. The second kappa shape index (κ2) is 11.2. The summed E-state index contributed by atoms with van der Waals surface area (Å²) in [7, 11) is 0. The molecule has 1 atom stereocenters. The second-order valence-electron chi connectivity index (χ2n) is 9.62. The molecule has 0 N–H and O–H groups in total. The highest BCUT2D eigenvalue weighted by Crippen LogP contribution is 2.33. The predicted octanol–water partition coefficient (Wildman–Crippen LogP) is 6.72. The molecule has 1 aliphatic carbocycles. The highest BCUT2D eigenvalue weighted by molar-refractivity contribution is 6.30. The lowest BCUT2D eigenvalue weighted by molar-refractivity contribution is -0.123. The van der Waals surface area contributed by atoms with Gasteiger partial charge in [-0.1, -0.05) is 37.6 Å². The Morgan fingerprint density at radius 1 is 1.22 bits per heavy atom. The van der Waals surface area contributed by atoms with Crippen LogP contribution in [0.4, 0.5) is 5.69 Å². The number of hydrogen-bond donors (Lipinski definition) is 0. The number of carbonyl (C=O) groups is 1. The lowest BCUT2D eigenvalue weighted by Crippen LogP contribution is -2.46. The molecule has 1 saturated carbocycles. The molecular formula is C27H38ClN3O. The smallest absolute Gasteiger partial charge is 0.230 e. The summed E-state index contributed by atoms with van der Waals surface area (Å²) in [4.78, 5) is 22.8. The minimum absolute atomic E-state index is 0.0554. The van der Waals surface area contributed by atoms with Crippen LogP contribution in [0, 0.1) is 17.8 Å². The Morgan fingerprint density at radius 2 is 1.84 bits per heavy atom. The van der Waals surface area contributed by atoms with E-state index in [4.69, 9.17) is 16.6 Å². The molecule has 0 spiro atoms. The van der Waals surface area contributed by atoms with Gasteiger partial charge in [-0.25, -0.2) is 4.99 Å². The van der Waals surface area contributed by atoms with Crippen molar-refractivity contribution in [3.63, 3.8) is 0 Å². The van der Waals surface area contributed by atoms with E-state index in [1.807, 2.05) is 35.2 Å². The van der Waals surface area contributed by atoms with Gasteiger partial charge in [-0.15, -0.1) is 0 Å². The van der Waals surface area contributed by atoms with Crippen molar-refractivity contribution >= 4 is 29.0 Å². The topological polar surface area (TPSA) is 35.9 Å². The lowest BCUT2D eigenvalue weighted by Gasteiger charge is -2.37. The van der Waals surface area contributed by atoms with Crippen molar-refractivity contribution in [2.45, 2.75) is 59.8 Å². The van der Waals surface area contributed by atoms with Gasteiger partial charge in [0.1, 0.15) is 5.84 Å². The fourth-order valence-electron chi connectivity index (χ4n) is 4.27. The average molecular weight is 456 g/mol. The minimum atomic E-state index is 0.0554. The summed E-state index contributed by atoms with van der Waals surface area (Å²) < 4.78 is 0. The average Bonchev–Trinajstić information content (AvgIpc) is 3.59. The standard InChI is InChI=1S/C27H38ClN3O/c1-6-20(4)26(29-21(5)17-19(2)3)30-15-13-23(14-16-30)27(32)31(18-22-7-8-22)25-11-9-24(28)10-12-25/h9-12,17,20,22-23H,5-8,13-16,18H2,1-4H3. The van der Waals surface area contributed by atoms with E-state index in [0.29, 0.717) is 16.9 Å². The summed E-state index contributed by atoms with van der Waals surface area (Å²) in [6, 6.07) is 7.70. The molecule has 1 aromatic rings. The van der Waals surface area contributed by atoms with Gasteiger partial charge in [-0.2, -0.15) is 0 Å². The van der Waals surface area contributed by atoms with Gasteiger partial charge >= 0.3 is 0 Å². The number of likely N-dealkylation sites (tertiary alicyclic amines) is 1. The molecule has 1 amide bonds. The molecule has 2 fully saturated rings. The van der Waals surface area contributed by atoms with Crippen molar-refractivity contribution in [3.05, 3.63) is 53.2 Å². The van der Waals surface area contributed by atoms with Gasteiger partial charge in [0.15, 0.2) is 0 Å². The molecule has 32 heavy (non-hydrogen) atoms. The molecule has 1 unspecified atom stereocenters. The molecule has 1 aliphatic heterocycles. The van der Waals surface area contributed by atoms with E-state index in [1.54, 1.807) is 0 Å². The zero-order valence-corrected chi connectivity index (χ0v) is 20.9. The Morgan fingerprint density at radius 3 is 2.38 bits per heavy atom. The number of hydrogen-bond acceptors (Lipinski definition) is 2. The molecule has 0 aromatic heterocycles. The number of nitrogens with zero attached hydrogens (tertiary/aromatic N) is 3. The highest BCUT2D eigenvalue weighted by atomic mass is 35.5. The maximum absolute atomic E-state index is 13.5. The van der Waals surface area contributed by atoms with Crippen LogP contribution in [0.2, 0.25) is 5.02 Å². The van der Waals surface area contributed by atoms with Crippen LogP contribution in [0.3, 0.4) is 0 Å². The second-order valence-corrected chi connectivity index (χ2v) is 10.1. The van der Waals surface area contributed by atoms with Crippen LogP contribution in [0.25, 0.3) is 0 Å². The van der Waals surface area contributed by atoms with E-state index >= 15 is 0 Å². The summed E-state index contributed by atoms with van der Waals surface area (Å²) in [5.74, 6) is 2.42. The largest absolute Gasteiger partial charge is 0.360 e. The minimum Gasteiger partial charge on any atom is -0.360 e. The zero-order chi connectivity index (χ0) is 23.3. The van der Waals surface area contributed by atoms with Crippen molar-refractivity contribution in [2.75, 3.05) is 24.5 Å². The molecule has 1 saturated heterocycles.